The van der Waals surface area contributed by atoms with Gasteiger partial charge in [0.05, 0.1) is 31.0 Å². The number of hydrogen-bond acceptors (Lipinski definition) is 7. The molecule has 1 heterocycles. The Balaban J connectivity index is 2.18. The SMILES string of the molecule is CCOC(=O)c1cc(C)c2c(c1)Cc1cc(C(=O)OCC)cc(C)c1OP(C)(=O)O2. The third-order valence-electron chi connectivity index (χ3n) is 4.62. The van der Waals surface area contributed by atoms with Gasteiger partial charge in [-0.2, -0.15) is 0 Å². The molecule has 0 spiro atoms. The summed E-state index contributed by atoms with van der Waals surface area (Å²) in [5, 5.41) is 0. The highest BCUT2D eigenvalue weighted by Gasteiger charge is 2.30. The first kappa shape index (κ1) is 21.9. The summed E-state index contributed by atoms with van der Waals surface area (Å²) in [5.41, 5.74) is 3.36. The molecule has 7 nitrogen and oxygen atoms in total. The first-order valence-electron chi connectivity index (χ1n) is 9.73. The molecule has 0 amide bonds. The van der Waals surface area contributed by atoms with Crippen LogP contribution in [0.4, 0.5) is 0 Å². The standard InChI is InChI=1S/C22H25O7P/c1-6-26-21(23)17-8-13(3)19-15(11-17)10-16-12-18(22(24)27-7-2)9-14(4)20(16)29-30(5,25)28-19/h8-9,11-12H,6-7,10H2,1-5H3. The van der Waals surface area contributed by atoms with Crippen LogP contribution in [0.25, 0.3) is 0 Å². The summed E-state index contributed by atoms with van der Waals surface area (Å²) in [4.78, 5) is 24.6. The van der Waals surface area contributed by atoms with Crippen molar-refractivity contribution >= 4 is 19.5 Å². The smallest absolute Gasteiger partial charge is 0.427 e. The molecule has 0 saturated carbocycles. The normalized spacial score (nSPS) is 14.2. The zero-order chi connectivity index (χ0) is 22.1. The summed E-state index contributed by atoms with van der Waals surface area (Å²) in [6.07, 6.45) is 0.312. The van der Waals surface area contributed by atoms with Crippen molar-refractivity contribution in [2.75, 3.05) is 19.9 Å². The number of carbonyl (C=O) groups is 2. The maximum atomic E-state index is 13.1. The van der Waals surface area contributed by atoms with Gasteiger partial charge in [-0.05, 0) is 63.1 Å². The lowest BCUT2D eigenvalue weighted by atomic mass is 9.95. The minimum Gasteiger partial charge on any atom is -0.462 e. The van der Waals surface area contributed by atoms with Crippen LogP contribution in [0.2, 0.25) is 0 Å². The van der Waals surface area contributed by atoms with E-state index >= 15 is 0 Å². The fourth-order valence-corrected chi connectivity index (χ4v) is 4.66. The Morgan fingerprint density at radius 1 is 0.867 bits per heavy atom. The molecule has 0 aliphatic carbocycles. The summed E-state index contributed by atoms with van der Waals surface area (Å²) in [6.45, 7) is 8.92. The Labute approximate surface area is 175 Å². The van der Waals surface area contributed by atoms with E-state index in [0.717, 1.165) is 0 Å². The number of ether oxygens (including phenoxy) is 2. The molecule has 0 unspecified atom stereocenters. The van der Waals surface area contributed by atoms with Crippen molar-refractivity contribution < 1.29 is 32.7 Å². The van der Waals surface area contributed by atoms with E-state index in [1.165, 1.54) is 6.66 Å². The fourth-order valence-electron chi connectivity index (χ4n) is 3.44. The van der Waals surface area contributed by atoms with Crippen molar-refractivity contribution in [2.45, 2.75) is 34.1 Å². The van der Waals surface area contributed by atoms with Crippen LogP contribution in [-0.2, 0) is 20.5 Å². The van der Waals surface area contributed by atoms with Crippen LogP contribution >= 0.6 is 7.60 Å². The summed E-state index contributed by atoms with van der Waals surface area (Å²) in [5.74, 6) is -0.0893. The van der Waals surface area contributed by atoms with Gasteiger partial charge in [0.1, 0.15) is 11.5 Å². The molecule has 0 radical (unpaired) electrons. The summed E-state index contributed by atoms with van der Waals surface area (Å²) >= 11 is 0. The maximum absolute atomic E-state index is 13.1. The number of carbonyl (C=O) groups excluding carboxylic acids is 2. The average Bonchev–Trinajstić information content (AvgIpc) is 2.65. The van der Waals surface area contributed by atoms with Crippen LogP contribution < -0.4 is 9.05 Å². The molecule has 30 heavy (non-hydrogen) atoms. The van der Waals surface area contributed by atoms with Crippen LogP contribution in [0.3, 0.4) is 0 Å². The first-order chi connectivity index (χ1) is 14.1. The Bertz CT molecular complexity index is 978. The predicted molar refractivity (Wildman–Crippen MR) is 112 cm³/mol. The quantitative estimate of drug-likeness (QED) is 0.504. The predicted octanol–water partition coefficient (Wildman–Crippen LogP) is 4.84. The number of hydrogen-bond donors (Lipinski definition) is 0. The van der Waals surface area contributed by atoms with Crippen molar-refractivity contribution in [2.24, 2.45) is 0 Å². The lowest BCUT2D eigenvalue weighted by Gasteiger charge is -2.26. The molecule has 0 saturated heterocycles. The molecule has 0 atom stereocenters. The molecule has 2 aromatic carbocycles. The molecular formula is C22H25O7P. The number of benzene rings is 2. The van der Waals surface area contributed by atoms with Crippen molar-refractivity contribution in [3.63, 3.8) is 0 Å². The lowest BCUT2D eigenvalue weighted by Crippen LogP contribution is -2.13. The van der Waals surface area contributed by atoms with E-state index in [0.29, 0.717) is 51.3 Å². The van der Waals surface area contributed by atoms with E-state index in [-0.39, 0.29) is 13.2 Å². The molecular weight excluding hydrogens is 407 g/mol. The molecule has 1 aliphatic rings. The minimum atomic E-state index is -3.51. The van der Waals surface area contributed by atoms with Gasteiger partial charge in [-0.25, -0.2) is 14.2 Å². The van der Waals surface area contributed by atoms with E-state index in [4.69, 9.17) is 18.5 Å². The molecule has 3 rings (SSSR count). The van der Waals surface area contributed by atoms with Crippen molar-refractivity contribution in [3.8, 4) is 11.5 Å². The van der Waals surface area contributed by atoms with Crippen LogP contribution in [0, 0.1) is 13.8 Å². The van der Waals surface area contributed by atoms with E-state index in [9.17, 15) is 14.2 Å². The Hall–Kier alpha value is -2.79. The second-order valence-electron chi connectivity index (χ2n) is 7.13. The molecule has 0 N–H and O–H groups in total. The van der Waals surface area contributed by atoms with Gasteiger partial charge in [0.2, 0.25) is 0 Å². The molecule has 1 aliphatic heterocycles. The molecule has 160 valence electrons. The Morgan fingerprint density at radius 2 is 1.27 bits per heavy atom. The van der Waals surface area contributed by atoms with Crippen LogP contribution in [-0.4, -0.2) is 31.8 Å². The zero-order valence-electron chi connectivity index (χ0n) is 17.7. The van der Waals surface area contributed by atoms with Gasteiger partial charge in [0.15, 0.2) is 0 Å². The minimum absolute atomic E-state index is 0.258. The van der Waals surface area contributed by atoms with Crippen molar-refractivity contribution in [3.05, 3.63) is 57.6 Å². The van der Waals surface area contributed by atoms with E-state index < -0.39 is 19.5 Å². The lowest BCUT2D eigenvalue weighted by molar-refractivity contribution is 0.0516. The number of aryl methyl sites for hydroxylation is 2. The highest BCUT2D eigenvalue weighted by molar-refractivity contribution is 7.53. The maximum Gasteiger partial charge on any atom is 0.427 e. The topological polar surface area (TPSA) is 88.1 Å². The summed E-state index contributed by atoms with van der Waals surface area (Å²) < 4.78 is 34.8. The fraction of sp³-hybridized carbons (Fsp3) is 0.364. The molecule has 0 bridgehead atoms. The molecule has 0 fully saturated rings. The highest BCUT2D eigenvalue weighted by Crippen LogP contribution is 2.51. The number of fused-ring (bicyclic) bond motifs is 2. The largest absolute Gasteiger partial charge is 0.462 e. The van der Waals surface area contributed by atoms with Gasteiger partial charge in [0.25, 0.3) is 0 Å². The summed E-state index contributed by atoms with van der Waals surface area (Å²) in [7, 11) is -3.51. The van der Waals surface area contributed by atoms with E-state index in [2.05, 4.69) is 0 Å². The monoisotopic (exact) mass is 432 g/mol. The summed E-state index contributed by atoms with van der Waals surface area (Å²) in [6, 6.07) is 6.61. The van der Waals surface area contributed by atoms with Crippen molar-refractivity contribution in [1.82, 2.24) is 0 Å². The van der Waals surface area contributed by atoms with Crippen LogP contribution in [0.5, 0.6) is 11.5 Å². The Morgan fingerprint density at radius 3 is 1.63 bits per heavy atom. The van der Waals surface area contributed by atoms with Gasteiger partial charge in [-0.15, -0.1) is 0 Å². The van der Waals surface area contributed by atoms with Gasteiger partial charge in [-0.3, -0.25) is 0 Å². The number of rotatable bonds is 4. The third-order valence-corrected chi connectivity index (χ3v) is 5.65. The first-order valence-corrected chi connectivity index (χ1v) is 11.7. The zero-order valence-corrected chi connectivity index (χ0v) is 18.6. The molecule has 0 aromatic heterocycles. The highest BCUT2D eigenvalue weighted by atomic mass is 31.2. The van der Waals surface area contributed by atoms with Crippen LogP contribution in [0.1, 0.15) is 56.8 Å². The van der Waals surface area contributed by atoms with Gasteiger partial charge < -0.3 is 18.5 Å². The second kappa shape index (κ2) is 8.52. The van der Waals surface area contributed by atoms with E-state index in [1.54, 1.807) is 52.0 Å². The average molecular weight is 432 g/mol. The second-order valence-corrected chi connectivity index (χ2v) is 9.04. The van der Waals surface area contributed by atoms with Gasteiger partial charge in [-0.1, -0.05) is 0 Å². The third kappa shape index (κ3) is 4.51. The number of esters is 2. The van der Waals surface area contributed by atoms with Crippen LogP contribution in [0.15, 0.2) is 24.3 Å². The van der Waals surface area contributed by atoms with Gasteiger partial charge >= 0.3 is 19.5 Å². The Kier molecular flexibility index (Phi) is 6.22. The van der Waals surface area contributed by atoms with Crippen molar-refractivity contribution in [1.29, 1.82) is 0 Å². The molecule has 8 heteroatoms. The van der Waals surface area contributed by atoms with E-state index in [1.807, 2.05) is 0 Å². The molecule has 2 aromatic rings. The van der Waals surface area contributed by atoms with Gasteiger partial charge in [0, 0.05) is 17.5 Å².